The third-order valence-electron chi connectivity index (χ3n) is 3.74. The zero-order chi connectivity index (χ0) is 14.7. The van der Waals surface area contributed by atoms with Gasteiger partial charge in [-0.25, -0.2) is 0 Å². The van der Waals surface area contributed by atoms with Crippen LogP contribution in [0.25, 0.3) is 0 Å². The smallest absolute Gasteiger partial charge is 0.223 e. The quantitative estimate of drug-likeness (QED) is 0.890. The minimum absolute atomic E-state index is 0.0368. The molecular weight excluding hydrogens is 340 g/mol. The van der Waals surface area contributed by atoms with Crippen molar-refractivity contribution in [1.29, 1.82) is 0 Å². The summed E-state index contributed by atoms with van der Waals surface area (Å²) in [6.45, 7) is 2.82. The second-order valence-electron chi connectivity index (χ2n) is 5.26. The number of halogens is 2. The maximum Gasteiger partial charge on any atom is 0.223 e. The first kappa shape index (κ1) is 15.8. The molecule has 2 unspecified atom stereocenters. The lowest BCUT2D eigenvalue weighted by molar-refractivity contribution is -0.133. The maximum atomic E-state index is 12.3. The Bertz CT molecular complexity index is 495. The average Bonchev–Trinajstić information content (AvgIpc) is 2.54. The number of hydrogen-bond donors (Lipinski definition) is 1. The van der Waals surface area contributed by atoms with E-state index in [1.54, 1.807) is 0 Å². The van der Waals surface area contributed by atoms with Crippen LogP contribution in [0.1, 0.15) is 44.2 Å². The normalized spacial score (nSPS) is 23.8. The molecule has 20 heavy (non-hydrogen) atoms. The van der Waals surface area contributed by atoms with E-state index in [-0.39, 0.29) is 18.0 Å². The molecule has 1 heterocycles. The van der Waals surface area contributed by atoms with Crippen LogP contribution >= 0.6 is 27.5 Å². The molecular formula is C15H20BrClN2O. The summed E-state index contributed by atoms with van der Waals surface area (Å²) in [6.07, 6.45) is 3.25. The molecule has 2 rings (SSSR count). The van der Waals surface area contributed by atoms with Crippen molar-refractivity contribution in [2.24, 2.45) is 5.73 Å². The van der Waals surface area contributed by atoms with Crippen LogP contribution in [0.15, 0.2) is 22.7 Å². The van der Waals surface area contributed by atoms with Crippen LogP contribution in [0.5, 0.6) is 0 Å². The summed E-state index contributed by atoms with van der Waals surface area (Å²) in [7, 11) is 0. The molecule has 1 aromatic rings. The molecule has 1 amide bonds. The molecule has 1 saturated heterocycles. The first-order valence-corrected chi connectivity index (χ1v) is 8.21. The van der Waals surface area contributed by atoms with Crippen molar-refractivity contribution in [2.45, 2.75) is 44.7 Å². The highest BCUT2D eigenvalue weighted by molar-refractivity contribution is 9.10. The van der Waals surface area contributed by atoms with Crippen molar-refractivity contribution in [2.75, 3.05) is 6.54 Å². The summed E-state index contributed by atoms with van der Waals surface area (Å²) in [5, 5.41) is 0.655. The molecule has 0 spiro atoms. The number of amides is 1. The molecule has 1 aliphatic heterocycles. The number of benzene rings is 1. The Kier molecular flexibility index (Phi) is 5.47. The van der Waals surface area contributed by atoms with Gasteiger partial charge in [0.1, 0.15) is 0 Å². The second-order valence-corrected chi connectivity index (χ2v) is 6.52. The van der Waals surface area contributed by atoms with Crippen molar-refractivity contribution < 1.29 is 4.79 Å². The summed E-state index contributed by atoms with van der Waals surface area (Å²) in [6, 6.07) is 5.73. The number of likely N-dealkylation sites (tertiary alicyclic amines) is 1. The lowest BCUT2D eigenvalue weighted by Crippen LogP contribution is -2.42. The fourth-order valence-electron chi connectivity index (χ4n) is 2.80. The predicted octanol–water partition coefficient (Wildman–Crippen LogP) is 3.89. The zero-order valence-corrected chi connectivity index (χ0v) is 14.0. The molecule has 0 bridgehead atoms. The first-order chi connectivity index (χ1) is 9.54. The van der Waals surface area contributed by atoms with E-state index in [9.17, 15) is 4.79 Å². The average molecular weight is 360 g/mol. The van der Waals surface area contributed by atoms with Crippen LogP contribution < -0.4 is 5.73 Å². The largest absolute Gasteiger partial charge is 0.334 e. The summed E-state index contributed by atoms with van der Waals surface area (Å²) < 4.78 is 0.860. The van der Waals surface area contributed by atoms with E-state index in [1.165, 1.54) is 0 Å². The van der Waals surface area contributed by atoms with Crippen molar-refractivity contribution in [3.05, 3.63) is 33.3 Å². The van der Waals surface area contributed by atoms with Gasteiger partial charge >= 0.3 is 0 Å². The Morgan fingerprint density at radius 3 is 2.90 bits per heavy atom. The highest BCUT2D eigenvalue weighted by Crippen LogP contribution is 2.33. The molecule has 2 N–H and O–H groups in total. The van der Waals surface area contributed by atoms with E-state index in [1.807, 2.05) is 23.1 Å². The second kappa shape index (κ2) is 6.92. The predicted molar refractivity (Wildman–Crippen MR) is 85.7 cm³/mol. The summed E-state index contributed by atoms with van der Waals surface area (Å²) in [4.78, 5) is 14.2. The highest BCUT2D eigenvalue weighted by atomic mass is 79.9. The SMILES string of the molecule is CCCN1C(=O)CCCC(N)C1c1ccc(Br)c(Cl)c1. The lowest BCUT2D eigenvalue weighted by atomic mass is 9.96. The molecule has 0 saturated carbocycles. The van der Waals surface area contributed by atoms with Gasteiger partial charge in [-0.3, -0.25) is 4.79 Å². The van der Waals surface area contributed by atoms with Gasteiger partial charge in [0.05, 0.1) is 11.1 Å². The Morgan fingerprint density at radius 1 is 1.50 bits per heavy atom. The van der Waals surface area contributed by atoms with Crippen molar-refractivity contribution >= 4 is 33.4 Å². The maximum absolute atomic E-state index is 12.3. The third-order valence-corrected chi connectivity index (χ3v) is 4.97. The van der Waals surface area contributed by atoms with E-state index in [4.69, 9.17) is 17.3 Å². The van der Waals surface area contributed by atoms with Crippen LogP contribution in [0.2, 0.25) is 5.02 Å². The van der Waals surface area contributed by atoms with Gasteiger partial charge in [0, 0.05) is 23.5 Å². The Balaban J connectivity index is 2.40. The zero-order valence-electron chi connectivity index (χ0n) is 11.6. The number of rotatable bonds is 3. The van der Waals surface area contributed by atoms with E-state index in [2.05, 4.69) is 22.9 Å². The third kappa shape index (κ3) is 3.35. The van der Waals surface area contributed by atoms with Crippen molar-refractivity contribution in [3.8, 4) is 0 Å². The van der Waals surface area contributed by atoms with Gasteiger partial charge in [0.15, 0.2) is 0 Å². The number of nitrogens with zero attached hydrogens (tertiary/aromatic N) is 1. The fourth-order valence-corrected chi connectivity index (χ4v) is 3.24. The van der Waals surface area contributed by atoms with Crippen molar-refractivity contribution in [3.63, 3.8) is 0 Å². The molecule has 0 aromatic heterocycles. The number of nitrogens with two attached hydrogens (primary N) is 1. The Hall–Kier alpha value is -0.580. The summed E-state index contributed by atoms with van der Waals surface area (Å²) >= 11 is 9.59. The number of carbonyl (C=O) groups excluding carboxylic acids is 1. The molecule has 5 heteroatoms. The van der Waals surface area contributed by atoms with Gasteiger partial charge in [-0.05, 0) is 52.9 Å². The van der Waals surface area contributed by atoms with Crippen LogP contribution in [-0.4, -0.2) is 23.4 Å². The van der Waals surface area contributed by atoms with Crippen LogP contribution in [0.4, 0.5) is 0 Å². The van der Waals surface area contributed by atoms with E-state index >= 15 is 0 Å². The Morgan fingerprint density at radius 2 is 2.25 bits per heavy atom. The molecule has 1 fully saturated rings. The van der Waals surface area contributed by atoms with Gasteiger partial charge in [0.2, 0.25) is 5.91 Å². The fraction of sp³-hybridized carbons (Fsp3) is 0.533. The lowest BCUT2D eigenvalue weighted by Gasteiger charge is -2.34. The number of carbonyl (C=O) groups is 1. The van der Waals surface area contributed by atoms with Gasteiger partial charge in [-0.1, -0.05) is 24.6 Å². The molecule has 110 valence electrons. The van der Waals surface area contributed by atoms with Gasteiger partial charge in [-0.2, -0.15) is 0 Å². The monoisotopic (exact) mass is 358 g/mol. The van der Waals surface area contributed by atoms with E-state index < -0.39 is 0 Å². The molecule has 0 radical (unpaired) electrons. The van der Waals surface area contributed by atoms with Crippen LogP contribution in [0.3, 0.4) is 0 Å². The highest BCUT2D eigenvalue weighted by Gasteiger charge is 2.32. The van der Waals surface area contributed by atoms with Crippen LogP contribution in [-0.2, 0) is 4.79 Å². The van der Waals surface area contributed by atoms with Gasteiger partial charge < -0.3 is 10.6 Å². The van der Waals surface area contributed by atoms with E-state index in [0.29, 0.717) is 11.4 Å². The molecule has 2 atom stereocenters. The summed E-state index contributed by atoms with van der Waals surface area (Å²) in [5.74, 6) is 0.198. The Labute approximate surface area is 133 Å². The summed E-state index contributed by atoms with van der Waals surface area (Å²) in [5.41, 5.74) is 7.36. The molecule has 1 aliphatic rings. The topological polar surface area (TPSA) is 46.3 Å². The minimum Gasteiger partial charge on any atom is -0.334 e. The van der Waals surface area contributed by atoms with E-state index in [0.717, 1.165) is 35.8 Å². The van der Waals surface area contributed by atoms with Crippen molar-refractivity contribution in [1.82, 2.24) is 4.90 Å². The number of hydrogen-bond acceptors (Lipinski definition) is 2. The molecule has 1 aromatic carbocycles. The van der Waals surface area contributed by atoms with Gasteiger partial charge in [0.25, 0.3) is 0 Å². The molecule has 3 nitrogen and oxygen atoms in total. The first-order valence-electron chi connectivity index (χ1n) is 7.04. The van der Waals surface area contributed by atoms with Crippen LogP contribution in [0, 0.1) is 0 Å². The minimum atomic E-state index is -0.0736. The molecule has 0 aliphatic carbocycles. The van der Waals surface area contributed by atoms with Gasteiger partial charge in [-0.15, -0.1) is 0 Å². The standard InChI is InChI=1S/C15H20BrClN2O/c1-2-8-19-14(20)5-3-4-13(18)15(19)10-6-7-11(16)12(17)9-10/h6-7,9,13,15H,2-5,8,18H2,1H3.